The predicted molar refractivity (Wildman–Crippen MR) is 92.0 cm³/mol. The largest absolute Gasteiger partial charge is 0.488 e. The van der Waals surface area contributed by atoms with Crippen molar-refractivity contribution in [2.45, 2.75) is 26.4 Å². The van der Waals surface area contributed by atoms with Gasteiger partial charge >= 0.3 is 5.63 Å². The lowest BCUT2D eigenvalue weighted by molar-refractivity contribution is -0.132. The number of amides is 1. The first-order valence-electron chi connectivity index (χ1n) is 8.25. The summed E-state index contributed by atoms with van der Waals surface area (Å²) < 4.78 is 16.3. The van der Waals surface area contributed by atoms with E-state index in [1.807, 2.05) is 31.2 Å². The SMILES string of the molecule is Cc1cccc(OCC(=O)N2CCC(Oc3cc(C)oc(=O)c3)C2)c1. The molecule has 1 saturated heterocycles. The molecular weight excluding hydrogens is 322 g/mol. The minimum atomic E-state index is -0.438. The molecule has 1 aromatic carbocycles. The van der Waals surface area contributed by atoms with Gasteiger partial charge in [0.2, 0.25) is 0 Å². The predicted octanol–water partition coefficient (Wildman–Crippen LogP) is 2.32. The van der Waals surface area contributed by atoms with E-state index < -0.39 is 5.63 Å². The van der Waals surface area contributed by atoms with Crippen LogP contribution in [-0.2, 0) is 4.79 Å². The molecule has 3 rings (SSSR count). The van der Waals surface area contributed by atoms with Gasteiger partial charge in [0.25, 0.3) is 5.91 Å². The Bertz CT molecular complexity index is 813. The third-order valence-corrected chi connectivity index (χ3v) is 4.02. The van der Waals surface area contributed by atoms with Crippen LogP contribution >= 0.6 is 0 Å². The van der Waals surface area contributed by atoms with Crippen LogP contribution in [0.4, 0.5) is 0 Å². The van der Waals surface area contributed by atoms with Crippen molar-refractivity contribution in [2.75, 3.05) is 19.7 Å². The Kier molecular flexibility index (Phi) is 5.07. The van der Waals surface area contributed by atoms with Crippen LogP contribution in [0.5, 0.6) is 11.5 Å². The molecule has 1 unspecified atom stereocenters. The van der Waals surface area contributed by atoms with Crippen molar-refractivity contribution in [1.82, 2.24) is 4.90 Å². The van der Waals surface area contributed by atoms with E-state index >= 15 is 0 Å². The number of nitrogens with zero attached hydrogens (tertiary/aromatic N) is 1. The fourth-order valence-corrected chi connectivity index (χ4v) is 2.83. The third-order valence-electron chi connectivity index (χ3n) is 4.02. The summed E-state index contributed by atoms with van der Waals surface area (Å²) in [5.41, 5.74) is 0.648. The van der Waals surface area contributed by atoms with Crippen molar-refractivity contribution < 1.29 is 18.7 Å². The minimum Gasteiger partial charge on any atom is -0.488 e. The maximum Gasteiger partial charge on any atom is 0.339 e. The molecule has 1 fully saturated rings. The summed E-state index contributed by atoms with van der Waals surface area (Å²) in [6.45, 7) is 4.77. The van der Waals surface area contributed by atoms with E-state index in [2.05, 4.69) is 0 Å². The van der Waals surface area contributed by atoms with E-state index in [0.717, 1.165) is 12.0 Å². The number of carbonyl (C=O) groups excluding carboxylic acids is 1. The molecule has 0 N–H and O–H groups in total. The standard InChI is InChI=1S/C19H21NO5/c1-13-4-3-5-15(8-13)23-12-18(21)20-7-6-16(11-20)25-17-9-14(2)24-19(22)10-17/h3-5,8-10,16H,6-7,11-12H2,1-2H3. The lowest BCUT2D eigenvalue weighted by Gasteiger charge is -2.17. The first-order chi connectivity index (χ1) is 12.0. The number of likely N-dealkylation sites (tertiary alicyclic amines) is 1. The number of rotatable bonds is 5. The Morgan fingerprint density at radius 3 is 2.84 bits per heavy atom. The Hall–Kier alpha value is -2.76. The molecule has 0 radical (unpaired) electrons. The van der Waals surface area contributed by atoms with Crippen LogP contribution in [0, 0.1) is 13.8 Å². The van der Waals surface area contributed by atoms with E-state index in [0.29, 0.717) is 30.3 Å². The molecule has 2 heterocycles. The smallest absolute Gasteiger partial charge is 0.339 e. The van der Waals surface area contributed by atoms with Gasteiger partial charge in [-0.25, -0.2) is 4.79 Å². The van der Waals surface area contributed by atoms with Crippen LogP contribution in [0.25, 0.3) is 0 Å². The molecule has 1 aliphatic rings. The van der Waals surface area contributed by atoms with E-state index in [1.54, 1.807) is 17.9 Å². The zero-order chi connectivity index (χ0) is 17.8. The first kappa shape index (κ1) is 17.1. The summed E-state index contributed by atoms with van der Waals surface area (Å²) in [5, 5.41) is 0. The van der Waals surface area contributed by atoms with Gasteiger partial charge in [-0.3, -0.25) is 4.79 Å². The normalized spacial score (nSPS) is 16.7. The Balaban J connectivity index is 1.51. The monoisotopic (exact) mass is 343 g/mol. The van der Waals surface area contributed by atoms with Crippen LogP contribution in [0.15, 0.2) is 45.6 Å². The highest BCUT2D eigenvalue weighted by molar-refractivity contribution is 5.78. The Labute approximate surface area is 146 Å². The Morgan fingerprint density at radius 2 is 2.08 bits per heavy atom. The second-order valence-electron chi connectivity index (χ2n) is 6.20. The second-order valence-corrected chi connectivity index (χ2v) is 6.20. The van der Waals surface area contributed by atoms with E-state index in [9.17, 15) is 9.59 Å². The maximum absolute atomic E-state index is 12.3. The molecule has 1 atom stereocenters. The van der Waals surface area contributed by atoms with Crippen molar-refractivity contribution in [3.8, 4) is 11.5 Å². The molecule has 25 heavy (non-hydrogen) atoms. The van der Waals surface area contributed by atoms with Crippen molar-refractivity contribution >= 4 is 5.91 Å². The highest BCUT2D eigenvalue weighted by atomic mass is 16.5. The van der Waals surface area contributed by atoms with Crippen LogP contribution in [0.2, 0.25) is 0 Å². The number of hydrogen-bond acceptors (Lipinski definition) is 5. The highest BCUT2D eigenvalue weighted by Crippen LogP contribution is 2.19. The first-order valence-corrected chi connectivity index (χ1v) is 8.25. The molecule has 0 saturated carbocycles. The highest BCUT2D eigenvalue weighted by Gasteiger charge is 2.28. The summed E-state index contributed by atoms with van der Waals surface area (Å²) in [5.74, 6) is 1.59. The van der Waals surface area contributed by atoms with Crippen LogP contribution in [-0.4, -0.2) is 36.6 Å². The van der Waals surface area contributed by atoms with Crippen molar-refractivity contribution in [1.29, 1.82) is 0 Å². The Morgan fingerprint density at radius 1 is 1.24 bits per heavy atom. The van der Waals surface area contributed by atoms with Gasteiger partial charge in [-0.2, -0.15) is 0 Å². The molecule has 1 aliphatic heterocycles. The van der Waals surface area contributed by atoms with Gasteiger partial charge in [-0.05, 0) is 31.5 Å². The summed E-state index contributed by atoms with van der Waals surface area (Å²) in [7, 11) is 0. The minimum absolute atomic E-state index is 0.00417. The van der Waals surface area contributed by atoms with Crippen molar-refractivity contribution in [2.24, 2.45) is 0 Å². The molecule has 132 valence electrons. The second kappa shape index (κ2) is 7.42. The van der Waals surface area contributed by atoms with Gasteiger partial charge in [0.1, 0.15) is 23.4 Å². The van der Waals surface area contributed by atoms with Crippen LogP contribution < -0.4 is 15.1 Å². The van der Waals surface area contributed by atoms with Gasteiger partial charge in [0.05, 0.1) is 12.6 Å². The lowest BCUT2D eigenvalue weighted by atomic mass is 10.2. The van der Waals surface area contributed by atoms with Gasteiger partial charge < -0.3 is 18.8 Å². The summed E-state index contributed by atoms with van der Waals surface area (Å²) in [4.78, 5) is 25.4. The summed E-state index contributed by atoms with van der Waals surface area (Å²) in [6.07, 6.45) is 0.583. The van der Waals surface area contributed by atoms with Gasteiger partial charge in [-0.1, -0.05) is 12.1 Å². The van der Waals surface area contributed by atoms with Gasteiger partial charge in [0.15, 0.2) is 6.61 Å². The van der Waals surface area contributed by atoms with E-state index in [4.69, 9.17) is 13.9 Å². The fraction of sp³-hybridized carbons (Fsp3) is 0.368. The molecule has 0 aliphatic carbocycles. The molecule has 0 bridgehead atoms. The lowest BCUT2D eigenvalue weighted by Crippen LogP contribution is -2.34. The number of hydrogen-bond donors (Lipinski definition) is 0. The van der Waals surface area contributed by atoms with Crippen LogP contribution in [0.1, 0.15) is 17.7 Å². The average molecular weight is 343 g/mol. The van der Waals surface area contributed by atoms with Gasteiger partial charge in [0, 0.05) is 19.0 Å². The number of aryl methyl sites for hydroxylation is 2. The third kappa shape index (κ3) is 4.62. The summed E-state index contributed by atoms with van der Waals surface area (Å²) >= 11 is 0. The summed E-state index contributed by atoms with van der Waals surface area (Å²) in [6, 6.07) is 10.6. The number of benzene rings is 1. The number of ether oxygens (including phenoxy) is 2. The van der Waals surface area contributed by atoms with E-state index in [1.165, 1.54) is 6.07 Å². The zero-order valence-electron chi connectivity index (χ0n) is 14.4. The maximum atomic E-state index is 12.3. The molecule has 1 amide bonds. The zero-order valence-corrected chi connectivity index (χ0v) is 14.4. The molecule has 6 nitrogen and oxygen atoms in total. The molecule has 2 aromatic rings. The quantitative estimate of drug-likeness (QED) is 0.833. The van der Waals surface area contributed by atoms with Crippen molar-refractivity contribution in [3.63, 3.8) is 0 Å². The number of carbonyl (C=O) groups is 1. The van der Waals surface area contributed by atoms with E-state index in [-0.39, 0.29) is 18.6 Å². The fourth-order valence-electron chi connectivity index (χ4n) is 2.83. The molecule has 6 heteroatoms. The molecule has 0 spiro atoms. The topological polar surface area (TPSA) is 69.0 Å². The average Bonchev–Trinajstić information content (AvgIpc) is 3.00. The van der Waals surface area contributed by atoms with Crippen LogP contribution in [0.3, 0.4) is 0 Å². The van der Waals surface area contributed by atoms with Gasteiger partial charge in [-0.15, -0.1) is 0 Å². The molecule has 1 aromatic heterocycles. The molecular formula is C19H21NO5. The van der Waals surface area contributed by atoms with Crippen molar-refractivity contribution in [3.05, 3.63) is 58.1 Å².